The van der Waals surface area contributed by atoms with E-state index in [0.29, 0.717) is 0 Å². The first-order chi connectivity index (χ1) is 14.6. The summed E-state index contributed by atoms with van der Waals surface area (Å²) in [6.07, 6.45) is 0. The number of nitrogens with zero attached hydrogens (tertiary/aromatic N) is 3. The summed E-state index contributed by atoms with van der Waals surface area (Å²) in [5, 5.41) is 0. The van der Waals surface area contributed by atoms with Gasteiger partial charge in [0.25, 0.3) is 5.91 Å². The van der Waals surface area contributed by atoms with Gasteiger partial charge in [0.15, 0.2) is 0 Å². The fourth-order valence-electron chi connectivity index (χ4n) is 4.21. The van der Waals surface area contributed by atoms with Crippen molar-refractivity contribution in [3.05, 3.63) is 71.9 Å². The standard InChI is InChI=1S/C25H29N3O2/c1-4-26-14-16-27(17-15-26)25(29)21-18-23(20-10-6-5-7-11-20)28(19(21)2)22-12-8-9-13-24(22)30-3/h5-13,18H,4,14-17H2,1-3H3. The molecular formula is C25H29N3O2. The molecule has 5 heteroatoms. The molecule has 0 N–H and O–H groups in total. The van der Waals surface area contributed by atoms with Crippen molar-refractivity contribution >= 4 is 5.91 Å². The number of likely N-dealkylation sites (N-methyl/N-ethyl adjacent to an activating group) is 1. The van der Waals surface area contributed by atoms with Crippen LogP contribution in [0.4, 0.5) is 0 Å². The topological polar surface area (TPSA) is 37.7 Å². The molecule has 0 bridgehead atoms. The van der Waals surface area contributed by atoms with E-state index < -0.39 is 0 Å². The summed E-state index contributed by atoms with van der Waals surface area (Å²) in [5.41, 5.74) is 4.69. The van der Waals surface area contributed by atoms with E-state index in [4.69, 9.17) is 4.74 Å². The number of aromatic nitrogens is 1. The van der Waals surface area contributed by atoms with Crippen LogP contribution in [0.1, 0.15) is 23.0 Å². The van der Waals surface area contributed by atoms with Crippen LogP contribution in [0.5, 0.6) is 5.75 Å². The van der Waals surface area contributed by atoms with Gasteiger partial charge in [-0.3, -0.25) is 4.79 Å². The molecule has 0 spiro atoms. The number of hydrogen-bond acceptors (Lipinski definition) is 3. The molecule has 0 aliphatic carbocycles. The molecular weight excluding hydrogens is 374 g/mol. The van der Waals surface area contributed by atoms with Gasteiger partial charge in [-0.05, 0) is 37.2 Å². The highest BCUT2D eigenvalue weighted by molar-refractivity contribution is 5.97. The molecule has 1 fully saturated rings. The molecule has 0 radical (unpaired) electrons. The first-order valence-electron chi connectivity index (χ1n) is 10.6. The van der Waals surface area contributed by atoms with Crippen LogP contribution in [0.25, 0.3) is 16.9 Å². The smallest absolute Gasteiger partial charge is 0.255 e. The predicted molar refractivity (Wildman–Crippen MR) is 121 cm³/mol. The second-order valence-corrected chi connectivity index (χ2v) is 7.63. The number of amides is 1. The third-order valence-corrected chi connectivity index (χ3v) is 5.98. The van der Waals surface area contributed by atoms with Crippen molar-refractivity contribution < 1.29 is 9.53 Å². The van der Waals surface area contributed by atoms with Gasteiger partial charge < -0.3 is 19.1 Å². The van der Waals surface area contributed by atoms with E-state index >= 15 is 0 Å². The molecule has 3 aromatic rings. The second-order valence-electron chi connectivity index (χ2n) is 7.63. The maximum atomic E-state index is 13.5. The van der Waals surface area contributed by atoms with E-state index in [1.165, 1.54) is 0 Å². The fraction of sp³-hybridized carbons (Fsp3) is 0.320. The van der Waals surface area contributed by atoms with E-state index in [9.17, 15) is 4.79 Å². The molecule has 1 saturated heterocycles. The molecule has 156 valence electrons. The van der Waals surface area contributed by atoms with Crippen LogP contribution in [0, 0.1) is 6.92 Å². The predicted octanol–water partition coefficient (Wildman–Crippen LogP) is 4.24. The summed E-state index contributed by atoms with van der Waals surface area (Å²) < 4.78 is 7.78. The van der Waals surface area contributed by atoms with E-state index in [1.54, 1.807) is 7.11 Å². The normalized spacial score (nSPS) is 14.7. The van der Waals surface area contributed by atoms with Crippen molar-refractivity contribution in [2.45, 2.75) is 13.8 Å². The molecule has 30 heavy (non-hydrogen) atoms. The largest absolute Gasteiger partial charge is 0.495 e. The Hall–Kier alpha value is -3.05. The second kappa shape index (κ2) is 8.76. The Balaban J connectivity index is 1.80. The molecule has 2 aromatic carbocycles. The Morgan fingerprint density at radius 3 is 2.30 bits per heavy atom. The molecule has 0 unspecified atom stereocenters. The summed E-state index contributed by atoms with van der Waals surface area (Å²) >= 11 is 0. The van der Waals surface area contributed by atoms with Crippen LogP contribution < -0.4 is 4.74 Å². The average molecular weight is 404 g/mol. The molecule has 1 aliphatic heterocycles. The summed E-state index contributed by atoms with van der Waals surface area (Å²) in [4.78, 5) is 17.8. The third-order valence-electron chi connectivity index (χ3n) is 5.98. The lowest BCUT2D eigenvalue weighted by molar-refractivity contribution is 0.0642. The van der Waals surface area contributed by atoms with Crippen LogP contribution >= 0.6 is 0 Å². The first-order valence-corrected chi connectivity index (χ1v) is 10.6. The number of hydrogen-bond donors (Lipinski definition) is 0. The number of ether oxygens (including phenoxy) is 1. The van der Waals surface area contributed by atoms with E-state index in [1.807, 2.05) is 60.4 Å². The van der Waals surface area contributed by atoms with Crippen molar-refractivity contribution in [2.24, 2.45) is 0 Å². The Kier molecular flexibility index (Phi) is 5.91. The minimum Gasteiger partial charge on any atom is -0.495 e. The molecule has 1 aliphatic rings. The highest BCUT2D eigenvalue weighted by Gasteiger charge is 2.26. The molecule has 5 nitrogen and oxygen atoms in total. The zero-order valence-electron chi connectivity index (χ0n) is 18.0. The van der Waals surface area contributed by atoms with Crippen molar-refractivity contribution in [1.82, 2.24) is 14.4 Å². The summed E-state index contributed by atoms with van der Waals surface area (Å²) in [6.45, 7) is 8.62. The van der Waals surface area contributed by atoms with Gasteiger partial charge in [0.05, 0.1) is 24.1 Å². The number of para-hydroxylation sites is 2. The highest BCUT2D eigenvalue weighted by Crippen LogP contribution is 2.34. The lowest BCUT2D eigenvalue weighted by atomic mass is 10.1. The molecule has 0 atom stereocenters. The highest BCUT2D eigenvalue weighted by atomic mass is 16.5. The maximum absolute atomic E-state index is 13.5. The molecule has 1 aromatic heterocycles. The number of carbonyl (C=O) groups excluding carboxylic acids is 1. The monoisotopic (exact) mass is 403 g/mol. The summed E-state index contributed by atoms with van der Waals surface area (Å²) in [6, 6.07) is 20.2. The Morgan fingerprint density at radius 2 is 1.63 bits per heavy atom. The van der Waals surface area contributed by atoms with E-state index in [-0.39, 0.29) is 5.91 Å². The number of methoxy groups -OCH3 is 1. The van der Waals surface area contributed by atoms with Gasteiger partial charge in [0.2, 0.25) is 0 Å². The zero-order valence-corrected chi connectivity index (χ0v) is 18.0. The summed E-state index contributed by atoms with van der Waals surface area (Å²) in [5.74, 6) is 0.887. The van der Waals surface area contributed by atoms with Gasteiger partial charge in [-0.15, -0.1) is 0 Å². The minimum absolute atomic E-state index is 0.106. The van der Waals surface area contributed by atoms with Gasteiger partial charge in [-0.2, -0.15) is 0 Å². The maximum Gasteiger partial charge on any atom is 0.255 e. The Morgan fingerprint density at radius 1 is 0.967 bits per heavy atom. The van der Waals surface area contributed by atoms with Gasteiger partial charge in [-0.1, -0.05) is 49.4 Å². The van der Waals surface area contributed by atoms with Gasteiger partial charge in [-0.25, -0.2) is 0 Å². The number of benzene rings is 2. The first kappa shape index (κ1) is 20.2. The van der Waals surface area contributed by atoms with Crippen molar-refractivity contribution in [1.29, 1.82) is 0 Å². The Bertz CT molecular complexity index is 1020. The summed E-state index contributed by atoms with van der Waals surface area (Å²) in [7, 11) is 1.68. The Labute approximate surface area is 178 Å². The SMILES string of the molecule is CCN1CCN(C(=O)c2cc(-c3ccccc3)n(-c3ccccc3OC)c2C)CC1. The number of carbonyl (C=O) groups is 1. The number of piperazine rings is 1. The third kappa shape index (κ3) is 3.73. The fourth-order valence-corrected chi connectivity index (χ4v) is 4.21. The quantitative estimate of drug-likeness (QED) is 0.640. The molecule has 1 amide bonds. The van der Waals surface area contributed by atoms with Crippen molar-refractivity contribution in [3.8, 4) is 22.7 Å². The van der Waals surface area contributed by atoms with Gasteiger partial charge in [0.1, 0.15) is 5.75 Å². The molecule has 0 saturated carbocycles. The van der Waals surface area contributed by atoms with Crippen molar-refractivity contribution in [2.75, 3.05) is 39.8 Å². The van der Waals surface area contributed by atoms with Gasteiger partial charge >= 0.3 is 0 Å². The zero-order chi connectivity index (χ0) is 21.1. The average Bonchev–Trinajstić information content (AvgIpc) is 3.16. The number of rotatable bonds is 5. The van der Waals surface area contributed by atoms with Crippen LogP contribution in [-0.2, 0) is 0 Å². The van der Waals surface area contributed by atoms with E-state index in [2.05, 4.69) is 28.5 Å². The van der Waals surface area contributed by atoms with E-state index in [0.717, 1.165) is 66.7 Å². The van der Waals surface area contributed by atoms with Crippen LogP contribution in [0.3, 0.4) is 0 Å². The lowest BCUT2D eigenvalue weighted by Crippen LogP contribution is -2.48. The van der Waals surface area contributed by atoms with Crippen LogP contribution in [-0.4, -0.2) is 60.1 Å². The lowest BCUT2D eigenvalue weighted by Gasteiger charge is -2.34. The van der Waals surface area contributed by atoms with Gasteiger partial charge in [0, 0.05) is 31.9 Å². The van der Waals surface area contributed by atoms with Crippen LogP contribution in [0.2, 0.25) is 0 Å². The van der Waals surface area contributed by atoms with Crippen molar-refractivity contribution in [3.63, 3.8) is 0 Å². The molecule has 4 rings (SSSR count). The molecule has 2 heterocycles. The minimum atomic E-state index is 0.106. The van der Waals surface area contributed by atoms with Crippen LogP contribution in [0.15, 0.2) is 60.7 Å².